The lowest BCUT2D eigenvalue weighted by molar-refractivity contribution is 0.0992. The predicted octanol–water partition coefficient (Wildman–Crippen LogP) is 3.74. The molecule has 0 N–H and O–H groups in total. The van der Waals surface area contributed by atoms with E-state index in [0.717, 1.165) is 15.3 Å². The number of Topliss-reactive ketones (excluding diaryl/α,β-unsaturated/α-hetero) is 1. The maximum Gasteiger partial charge on any atom is 0.178 e. The molecule has 19 heavy (non-hydrogen) atoms. The highest BCUT2D eigenvalue weighted by atomic mass is 32.2. The molecule has 0 bridgehead atoms. The standard InChI is InChI=1S/C15H16O2S2/c1-10-6-7-11(2)13(9-10)15(16)12(3)19(17)14-5-4-8-18-14/h4-9,12H,1-3H3. The summed E-state index contributed by atoms with van der Waals surface area (Å²) in [7, 11) is -1.27. The molecule has 0 fully saturated rings. The van der Waals surface area contributed by atoms with Gasteiger partial charge >= 0.3 is 0 Å². The first kappa shape index (κ1) is 14.2. The van der Waals surface area contributed by atoms with Crippen molar-refractivity contribution in [2.24, 2.45) is 0 Å². The van der Waals surface area contributed by atoms with Crippen LogP contribution in [0.2, 0.25) is 0 Å². The second-order valence-electron chi connectivity index (χ2n) is 4.55. The third-order valence-electron chi connectivity index (χ3n) is 3.04. The highest BCUT2D eigenvalue weighted by Gasteiger charge is 2.24. The Balaban J connectivity index is 2.29. The van der Waals surface area contributed by atoms with Crippen LogP contribution in [0.4, 0.5) is 0 Å². The third-order valence-corrected chi connectivity index (χ3v) is 5.87. The fourth-order valence-corrected chi connectivity index (χ4v) is 4.18. The molecule has 1 heterocycles. The minimum atomic E-state index is -1.27. The second kappa shape index (κ2) is 5.80. The Kier molecular flexibility index (Phi) is 4.32. The van der Waals surface area contributed by atoms with Crippen LogP contribution in [0.15, 0.2) is 39.9 Å². The summed E-state index contributed by atoms with van der Waals surface area (Å²) in [5.41, 5.74) is 2.66. The van der Waals surface area contributed by atoms with E-state index in [4.69, 9.17) is 0 Å². The highest BCUT2D eigenvalue weighted by molar-refractivity contribution is 7.88. The van der Waals surface area contributed by atoms with Crippen molar-refractivity contribution in [3.63, 3.8) is 0 Å². The van der Waals surface area contributed by atoms with Crippen LogP contribution >= 0.6 is 11.3 Å². The van der Waals surface area contributed by atoms with Crippen molar-refractivity contribution < 1.29 is 9.00 Å². The Morgan fingerprint density at radius 3 is 2.63 bits per heavy atom. The zero-order valence-corrected chi connectivity index (χ0v) is 12.8. The first-order valence-corrected chi connectivity index (χ1v) is 8.15. The summed E-state index contributed by atoms with van der Waals surface area (Å²) >= 11 is 1.43. The lowest BCUT2D eigenvalue weighted by atomic mass is 10.0. The molecule has 100 valence electrons. The van der Waals surface area contributed by atoms with Crippen molar-refractivity contribution in [3.8, 4) is 0 Å². The average molecular weight is 292 g/mol. The molecule has 2 atom stereocenters. The monoisotopic (exact) mass is 292 g/mol. The van der Waals surface area contributed by atoms with Crippen molar-refractivity contribution in [2.45, 2.75) is 30.2 Å². The maximum atomic E-state index is 12.5. The highest BCUT2D eigenvalue weighted by Crippen LogP contribution is 2.21. The van der Waals surface area contributed by atoms with Crippen LogP contribution in [0.1, 0.15) is 28.4 Å². The van der Waals surface area contributed by atoms with Gasteiger partial charge in [0.05, 0.1) is 15.0 Å². The fraction of sp³-hybridized carbons (Fsp3) is 0.267. The molecule has 0 aliphatic heterocycles. The number of rotatable bonds is 4. The lowest BCUT2D eigenvalue weighted by Gasteiger charge is -2.12. The van der Waals surface area contributed by atoms with Crippen LogP contribution in [0.3, 0.4) is 0 Å². The molecule has 0 saturated heterocycles. The molecule has 2 unspecified atom stereocenters. The molecule has 0 aliphatic rings. The molecule has 2 nitrogen and oxygen atoms in total. The smallest absolute Gasteiger partial charge is 0.178 e. The van der Waals surface area contributed by atoms with Crippen LogP contribution < -0.4 is 0 Å². The number of hydrogen-bond acceptors (Lipinski definition) is 3. The van der Waals surface area contributed by atoms with Gasteiger partial charge in [-0.25, -0.2) is 0 Å². The Labute approximate surface area is 119 Å². The summed E-state index contributed by atoms with van der Waals surface area (Å²) in [5.74, 6) is -0.0482. The van der Waals surface area contributed by atoms with E-state index in [1.54, 1.807) is 6.92 Å². The summed E-state index contributed by atoms with van der Waals surface area (Å²) in [6, 6.07) is 9.46. The van der Waals surface area contributed by atoms with Gasteiger partial charge in [-0.1, -0.05) is 23.8 Å². The number of hydrogen-bond donors (Lipinski definition) is 0. The van der Waals surface area contributed by atoms with E-state index in [-0.39, 0.29) is 5.78 Å². The lowest BCUT2D eigenvalue weighted by Crippen LogP contribution is -2.23. The Morgan fingerprint density at radius 1 is 1.26 bits per heavy atom. The average Bonchev–Trinajstić information content (AvgIpc) is 2.93. The molecule has 0 aliphatic carbocycles. The van der Waals surface area contributed by atoms with Gasteiger partial charge in [-0.05, 0) is 43.8 Å². The molecule has 0 saturated carbocycles. The molecular weight excluding hydrogens is 276 g/mol. The zero-order valence-electron chi connectivity index (χ0n) is 11.2. The first-order valence-electron chi connectivity index (χ1n) is 6.06. The van der Waals surface area contributed by atoms with Gasteiger partial charge in [0.25, 0.3) is 0 Å². The van der Waals surface area contributed by atoms with E-state index in [0.29, 0.717) is 5.56 Å². The topological polar surface area (TPSA) is 34.1 Å². The summed E-state index contributed by atoms with van der Waals surface area (Å²) in [6.07, 6.45) is 0. The number of carbonyl (C=O) groups is 1. The number of benzene rings is 1. The summed E-state index contributed by atoms with van der Waals surface area (Å²) < 4.78 is 13.1. The van der Waals surface area contributed by atoms with E-state index in [1.807, 2.05) is 49.6 Å². The van der Waals surface area contributed by atoms with Crippen molar-refractivity contribution in [1.29, 1.82) is 0 Å². The minimum Gasteiger partial charge on any atom is -0.293 e. The van der Waals surface area contributed by atoms with Gasteiger partial charge < -0.3 is 0 Å². The molecule has 0 radical (unpaired) electrons. The van der Waals surface area contributed by atoms with E-state index in [9.17, 15) is 9.00 Å². The van der Waals surface area contributed by atoms with Crippen molar-refractivity contribution >= 4 is 27.9 Å². The number of ketones is 1. The van der Waals surface area contributed by atoms with Gasteiger partial charge in [0.2, 0.25) is 0 Å². The maximum absolute atomic E-state index is 12.5. The van der Waals surface area contributed by atoms with E-state index in [2.05, 4.69) is 0 Å². The summed E-state index contributed by atoms with van der Waals surface area (Å²) in [4.78, 5) is 12.5. The quantitative estimate of drug-likeness (QED) is 0.804. The molecule has 1 aromatic heterocycles. The van der Waals surface area contributed by atoms with E-state index >= 15 is 0 Å². The van der Waals surface area contributed by atoms with E-state index in [1.165, 1.54) is 11.3 Å². The van der Waals surface area contributed by atoms with Gasteiger partial charge in [0.15, 0.2) is 5.78 Å². The van der Waals surface area contributed by atoms with Crippen LogP contribution in [0.25, 0.3) is 0 Å². The van der Waals surface area contributed by atoms with Crippen molar-refractivity contribution in [1.82, 2.24) is 0 Å². The Hall–Kier alpha value is -1.26. The summed E-state index contributed by atoms with van der Waals surface area (Å²) in [5, 5.41) is 1.36. The summed E-state index contributed by atoms with van der Waals surface area (Å²) in [6.45, 7) is 5.60. The predicted molar refractivity (Wildman–Crippen MR) is 80.4 cm³/mol. The van der Waals surface area contributed by atoms with Gasteiger partial charge in [-0.3, -0.25) is 9.00 Å². The van der Waals surface area contributed by atoms with Gasteiger partial charge in [0, 0.05) is 5.56 Å². The minimum absolute atomic E-state index is 0.0482. The van der Waals surface area contributed by atoms with Gasteiger partial charge in [-0.2, -0.15) is 0 Å². The zero-order chi connectivity index (χ0) is 14.0. The number of aryl methyl sites for hydroxylation is 2. The Bertz CT molecular complexity index is 615. The molecule has 0 spiro atoms. The second-order valence-corrected chi connectivity index (χ2v) is 7.50. The van der Waals surface area contributed by atoms with Gasteiger partial charge in [0.1, 0.15) is 5.25 Å². The number of carbonyl (C=O) groups excluding carboxylic acids is 1. The van der Waals surface area contributed by atoms with Crippen molar-refractivity contribution in [2.75, 3.05) is 0 Å². The van der Waals surface area contributed by atoms with Crippen LogP contribution in [0, 0.1) is 13.8 Å². The fourth-order valence-electron chi connectivity index (χ4n) is 1.87. The molecule has 2 aromatic rings. The third kappa shape index (κ3) is 3.01. The SMILES string of the molecule is Cc1ccc(C)c(C(=O)C(C)S(=O)c2cccs2)c1. The number of thiophene rings is 1. The first-order chi connectivity index (χ1) is 9.00. The molecule has 0 amide bonds. The Morgan fingerprint density at radius 2 is 2.00 bits per heavy atom. The van der Waals surface area contributed by atoms with Gasteiger partial charge in [-0.15, -0.1) is 11.3 Å². The van der Waals surface area contributed by atoms with Crippen LogP contribution in [-0.4, -0.2) is 15.2 Å². The van der Waals surface area contributed by atoms with Crippen molar-refractivity contribution in [3.05, 3.63) is 52.4 Å². The largest absolute Gasteiger partial charge is 0.293 e. The van der Waals surface area contributed by atoms with E-state index < -0.39 is 16.0 Å². The van der Waals surface area contributed by atoms with Crippen LogP contribution in [0.5, 0.6) is 0 Å². The molecule has 2 rings (SSSR count). The molecule has 4 heteroatoms. The molecular formula is C15H16O2S2. The normalized spacial score (nSPS) is 14.1. The molecule has 1 aromatic carbocycles. The van der Waals surface area contributed by atoms with Crippen LogP contribution in [-0.2, 0) is 10.8 Å².